The molecule has 1 aliphatic rings. The van der Waals surface area contributed by atoms with Gasteiger partial charge < -0.3 is 16.0 Å². The second kappa shape index (κ2) is 7.18. The van der Waals surface area contributed by atoms with E-state index in [2.05, 4.69) is 68.6 Å². The summed E-state index contributed by atoms with van der Waals surface area (Å²) in [6, 6.07) is 24.8. The molecule has 6 rings (SSSR count). The zero-order chi connectivity index (χ0) is 20.6. The molecule has 150 valence electrons. The van der Waals surface area contributed by atoms with E-state index in [4.69, 9.17) is 4.98 Å². The van der Waals surface area contributed by atoms with Crippen molar-refractivity contribution in [3.05, 3.63) is 90.6 Å². The third-order valence-corrected chi connectivity index (χ3v) is 5.52. The summed E-state index contributed by atoms with van der Waals surface area (Å²) in [5.41, 5.74) is 5.27. The van der Waals surface area contributed by atoms with Crippen molar-refractivity contribution >= 4 is 50.4 Å². The highest BCUT2D eigenvalue weighted by Crippen LogP contribution is 2.32. The summed E-state index contributed by atoms with van der Waals surface area (Å²) in [6.45, 7) is 0.777. The number of anilines is 4. The van der Waals surface area contributed by atoms with Gasteiger partial charge in [0.1, 0.15) is 11.6 Å². The zero-order valence-electron chi connectivity index (χ0n) is 16.7. The van der Waals surface area contributed by atoms with Gasteiger partial charge in [-0.05, 0) is 41.8 Å². The molecule has 0 atom stereocenters. The SMILES string of the molecule is C1=C(Nc2nc(Nc3ccc4cn[nH]c4c3)cc3ccccc23)c2ccccc2NC1. The number of H-pyrrole nitrogens is 1. The average Bonchev–Trinajstić information content (AvgIpc) is 3.27. The van der Waals surface area contributed by atoms with Crippen LogP contribution in [0.5, 0.6) is 0 Å². The van der Waals surface area contributed by atoms with Crippen LogP contribution in [0.4, 0.5) is 23.0 Å². The van der Waals surface area contributed by atoms with Crippen molar-refractivity contribution in [2.45, 2.75) is 0 Å². The molecule has 6 nitrogen and oxygen atoms in total. The van der Waals surface area contributed by atoms with Gasteiger partial charge in [0.25, 0.3) is 0 Å². The number of fused-ring (bicyclic) bond motifs is 3. The fraction of sp³-hybridized carbons (Fsp3) is 0.0400. The van der Waals surface area contributed by atoms with Crippen LogP contribution in [-0.2, 0) is 0 Å². The number of hydrogen-bond donors (Lipinski definition) is 4. The number of pyridine rings is 1. The quantitative estimate of drug-likeness (QED) is 0.308. The Morgan fingerprint density at radius 3 is 2.74 bits per heavy atom. The van der Waals surface area contributed by atoms with E-state index < -0.39 is 0 Å². The van der Waals surface area contributed by atoms with Crippen LogP contribution in [0.25, 0.3) is 27.4 Å². The van der Waals surface area contributed by atoms with Gasteiger partial charge in [-0.3, -0.25) is 5.10 Å². The van der Waals surface area contributed by atoms with Crippen LogP contribution < -0.4 is 16.0 Å². The molecule has 0 saturated carbocycles. The molecule has 0 amide bonds. The summed E-state index contributed by atoms with van der Waals surface area (Å²) in [5.74, 6) is 1.61. The number of nitrogens with one attached hydrogen (secondary N) is 4. The zero-order valence-corrected chi connectivity index (χ0v) is 16.7. The topological polar surface area (TPSA) is 77.7 Å². The van der Waals surface area contributed by atoms with Gasteiger partial charge in [0.2, 0.25) is 0 Å². The molecule has 0 spiro atoms. The number of aromatic nitrogens is 3. The number of para-hydroxylation sites is 1. The summed E-state index contributed by atoms with van der Waals surface area (Å²) in [4.78, 5) is 4.92. The first-order valence-electron chi connectivity index (χ1n) is 10.2. The largest absolute Gasteiger partial charge is 0.381 e. The van der Waals surface area contributed by atoms with E-state index in [-0.39, 0.29) is 0 Å². The molecule has 3 heterocycles. The second-order valence-electron chi connectivity index (χ2n) is 7.54. The molecule has 4 N–H and O–H groups in total. The van der Waals surface area contributed by atoms with E-state index in [9.17, 15) is 0 Å². The van der Waals surface area contributed by atoms with Crippen molar-refractivity contribution in [3.63, 3.8) is 0 Å². The van der Waals surface area contributed by atoms with Crippen LogP contribution >= 0.6 is 0 Å². The number of hydrogen-bond acceptors (Lipinski definition) is 5. The number of rotatable bonds is 4. The highest BCUT2D eigenvalue weighted by Gasteiger charge is 2.14. The standard InChI is InChI=1S/C25H20N6/c1-2-6-19-16(5-1)13-24(28-18-10-9-17-15-27-31-23(17)14-18)30-25(19)29-22-11-12-26-21-8-4-3-7-20(21)22/h1-11,13-15,26H,12H2,(H,27,31)(H2,28,29,30). The summed E-state index contributed by atoms with van der Waals surface area (Å²) < 4.78 is 0. The maximum Gasteiger partial charge on any atom is 0.140 e. The van der Waals surface area contributed by atoms with Gasteiger partial charge in [0, 0.05) is 40.0 Å². The Labute approximate surface area is 179 Å². The lowest BCUT2D eigenvalue weighted by Gasteiger charge is -2.21. The van der Waals surface area contributed by atoms with Crippen molar-refractivity contribution in [2.75, 3.05) is 22.5 Å². The molecule has 0 bridgehead atoms. The lowest BCUT2D eigenvalue weighted by Crippen LogP contribution is -2.13. The second-order valence-corrected chi connectivity index (χ2v) is 7.54. The Bertz CT molecular complexity index is 1450. The molecule has 0 radical (unpaired) electrons. The predicted molar refractivity (Wildman–Crippen MR) is 128 cm³/mol. The molecule has 0 saturated heterocycles. The Morgan fingerprint density at radius 1 is 0.839 bits per heavy atom. The molecule has 3 aromatic carbocycles. The Balaban J connectivity index is 1.40. The Morgan fingerprint density at radius 2 is 1.74 bits per heavy atom. The molecule has 2 aromatic heterocycles. The van der Waals surface area contributed by atoms with Gasteiger partial charge in [0.05, 0.1) is 11.7 Å². The minimum Gasteiger partial charge on any atom is -0.381 e. The van der Waals surface area contributed by atoms with Gasteiger partial charge in [-0.15, -0.1) is 0 Å². The van der Waals surface area contributed by atoms with Gasteiger partial charge in [-0.1, -0.05) is 42.5 Å². The Kier molecular flexibility index (Phi) is 4.06. The first kappa shape index (κ1) is 17.5. The maximum atomic E-state index is 4.92. The lowest BCUT2D eigenvalue weighted by molar-refractivity contribution is 1.12. The van der Waals surface area contributed by atoms with Gasteiger partial charge in [-0.2, -0.15) is 5.10 Å². The molecule has 0 aliphatic carbocycles. The van der Waals surface area contributed by atoms with Gasteiger partial charge in [0.15, 0.2) is 0 Å². The normalized spacial score (nSPS) is 12.8. The first-order valence-corrected chi connectivity index (χ1v) is 10.2. The van der Waals surface area contributed by atoms with Gasteiger partial charge >= 0.3 is 0 Å². The van der Waals surface area contributed by atoms with E-state index in [1.54, 1.807) is 0 Å². The molecule has 5 aromatic rings. The maximum absolute atomic E-state index is 4.92. The summed E-state index contributed by atoms with van der Waals surface area (Å²) in [6.07, 6.45) is 3.98. The van der Waals surface area contributed by atoms with E-state index in [1.165, 1.54) is 0 Å². The smallest absolute Gasteiger partial charge is 0.140 e. The fourth-order valence-corrected chi connectivity index (χ4v) is 4.01. The monoisotopic (exact) mass is 404 g/mol. The van der Waals surface area contributed by atoms with E-state index in [1.807, 2.05) is 42.6 Å². The van der Waals surface area contributed by atoms with Crippen LogP contribution in [-0.4, -0.2) is 21.7 Å². The van der Waals surface area contributed by atoms with Crippen LogP contribution in [0.2, 0.25) is 0 Å². The lowest BCUT2D eigenvalue weighted by atomic mass is 10.1. The van der Waals surface area contributed by atoms with Crippen LogP contribution in [0.3, 0.4) is 0 Å². The third kappa shape index (κ3) is 3.24. The fourth-order valence-electron chi connectivity index (χ4n) is 4.01. The van der Waals surface area contributed by atoms with Crippen molar-refractivity contribution in [1.82, 2.24) is 15.2 Å². The van der Waals surface area contributed by atoms with Crippen LogP contribution in [0.1, 0.15) is 5.56 Å². The predicted octanol–water partition coefficient (Wildman–Crippen LogP) is 5.73. The summed E-state index contributed by atoms with van der Waals surface area (Å²) in [7, 11) is 0. The molecule has 31 heavy (non-hydrogen) atoms. The van der Waals surface area contributed by atoms with Crippen molar-refractivity contribution in [2.24, 2.45) is 0 Å². The average molecular weight is 404 g/mol. The molecular weight excluding hydrogens is 384 g/mol. The highest BCUT2D eigenvalue weighted by atomic mass is 15.1. The van der Waals surface area contributed by atoms with Crippen LogP contribution in [0, 0.1) is 0 Å². The minimum atomic E-state index is 0.777. The van der Waals surface area contributed by atoms with Crippen molar-refractivity contribution < 1.29 is 0 Å². The number of aromatic amines is 1. The molecule has 6 heteroatoms. The molecule has 0 fully saturated rings. The van der Waals surface area contributed by atoms with Crippen molar-refractivity contribution in [3.8, 4) is 0 Å². The van der Waals surface area contributed by atoms with E-state index >= 15 is 0 Å². The summed E-state index contributed by atoms with van der Waals surface area (Å²) >= 11 is 0. The van der Waals surface area contributed by atoms with E-state index in [0.717, 1.165) is 62.5 Å². The third-order valence-electron chi connectivity index (χ3n) is 5.52. The number of nitrogens with zero attached hydrogens (tertiary/aromatic N) is 2. The minimum absolute atomic E-state index is 0.777. The van der Waals surface area contributed by atoms with Crippen LogP contribution in [0.15, 0.2) is 85.1 Å². The first-order chi connectivity index (χ1) is 15.3. The number of benzene rings is 3. The van der Waals surface area contributed by atoms with Gasteiger partial charge in [-0.25, -0.2) is 4.98 Å². The molecule has 0 unspecified atom stereocenters. The molecule has 1 aliphatic heterocycles. The van der Waals surface area contributed by atoms with Crippen molar-refractivity contribution in [1.29, 1.82) is 0 Å². The van der Waals surface area contributed by atoms with E-state index in [0.29, 0.717) is 0 Å². The summed E-state index contributed by atoms with van der Waals surface area (Å²) in [5, 5.41) is 20.8. The highest BCUT2D eigenvalue weighted by molar-refractivity contribution is 5.98. The Hall–Kier alpha value is -4.32. The molecular formula is C25H20N6.